The number of aliphatic hydroxyl groups is 3. The van der Waals surface area contributed by atoms with Crippen molar-refractivity contribution in [2.24, 2.45) is 17.8 Å². The Labute approximate surface area is 150 Å². The maximum absolute atomic E-state index is 12.7. The molecule has 0 aromatic heterocycles. The van der Waals surface area contributed by atoms with Gasteiger partial charge in [0.05, 0.1) is 12.7 Å². The number of aliphatic hydroxyl groups excluding tert-OH is 2. The van der Waals surface area contributed by atoms with Crippen molar-refractivity contribution in [2.75, 3.05) is 6.54 Å². The number of hydrogen-bond donors (Lipinski definition) is 4. The van der Waals surface area contributed by atoms with Crippen LogP contribution >= 0.6 is 0 Å². The average molecular weight is 349 g/mol. The Morgan fingerprint density at radius 1 is 1.36 bits per heavy atom. The molecule has 0 unspecified atom stereocenters. The minimum absolute atomic E-state index is 0.0369. The summed E-state index contributed by atoms with van der Waals surface area (Å²) in [5.41, 5.74) is -0.0304. The minimum Gasteiger partial charge on any atom is -0.392 e. The Morgan fingerprint density at radius 2 is 2.08 bits per heavy atom. The first-order valence-electron chi connectivity index (χ1n) is 9.16. The molecule has 1 aromatic carbocycles. The number of carbonyl (C=O) groups excluding carboxylic acids is 1. The van der Waals surface area contributed by atoms with Crippen LogP contribution in [0.5, 0.6) is 0 Å². The van der Waals surface area contributed by atoms with E-state index in [-0.39, 0.29) is 25.0 Å². The summed E-state index contributed by atoms with van der Waals surface area (Å²) >= 11 is 0. The molecule has 1 amide bonds. The molecule has 0 bridgehead atoms. The summed E-state index contributed by atoms with van der Waals surface area (Å²) in [5, 5.41) is 33.3. The quantitative estimate of drug-likeness (QED) is 0.633. The van der Waals surface area contributed by atoms with Gasteiger partial charge in [-0.25, -0.2) is 0 Å². The van der Waals surface area contributed by atoms with Crippen molar-refractivity contribution < 1.29 is 20.1 Å². The molecular weight excluding hydrogens is 318 g/mol. The predicted molar refractivity (Wildman–Crippen MR) is 96.6 cm³/mol. The van der Waals surface area contributed by atoms with Crippen LogP contribution in [0.4, 0.5) is 0 Å². The van der Waals surface area contributed by atoms with E-state index < -0.39 is 17.6 Å². The van der Waals surface area contributed by atoms with Crippen LogP contribution in [-0.4, -0.2) is 33.4 Å². The van der Waals surface area contributed by atoms with Crippen LogP contribution in [0.25, 0.3) is 0 Å². The Morgan fingerprint density at radius 3 is 2.72 bits per heavy atom. The first-order valence-corrected chi connectivity index (χ1v) is 9.16. The van der Waals surface area contributed by atoms with Gasteiger partial charge >= 0.3 is 0 Å². The lowest BCUT2D eigenvalue weighted by atomic mass is 9.66. The summed E-state index contributed by atoms with van der Waals surface area (Å²) in [4.78, 5) is 12.7. The molecule has 1 saturated carbocycles. The third-order valence-corrected chi connectivity index (χ3v) is 5.42. The lowest BCUT2D eigenvalue weighted by molar-refractivity contribution is -0.156. The Hall–Kier alpha value is -1.43. The van der Waals surface area contributed by atoms with E-state index in [1.165, 1.54) is 0 Å². The molecule has 1 aromatic rings. The Bertz CT molecular complexity index is 589. The second-order valence-electron chi connectivity index (χ2n) is 7.79. The van der Waals surface area contributed by atoms with Crippen LogP contribution in [0.2, 0.25) is 0 Å². The van der Waals surface area contributed by atoms with Crippen LogP contribution in [0.1, 0.15) is 57.3 Å². The second-order valence-corrected chi connectivity index (χ2v) is 7.79. The summed E-state index contributed by atoms with van der Waals surface area (Å²) in [7, 11) is 0. The number of nitrogens with one attached hydrogen (secondary N) is 1. The summed E-state index contributed by atoms with van der Waals surface area (Å²) in [6.45, 7) is 6.07. The van der Waals surface area contributed by atoms with Gasteiger partial charge < -0.3 is 20.6 Å². The smallest absolute Gasteiger partial charge is 0.252 e. The highest BCUT2D eigenvalue weighted by atomic mass is 16.3. The van der Waals surface area contributed by atoms with Gasteiger partial charge in [-0.05, 0) is 41.7 Å². The monoisotopic (exact) mass is 349 g/mol. The van der Waals surface area contributed by atoms with E-state index in [0.29, 0.717) is 23.5 Å². The fourth-order valence-electron chi connectivity index (χ4n) is 3.99. The SMILES string of the molecule is CC(C)[C@@H]1CC[C@@H](C)C[C@@]1(O)C(=O)NC[C@H](O)c1cccc(CO)c1. The molecular formula is C20H31NO4. The molecule has 1 fully saturated rings. The number of hydrogen-bond acceptors (Lipinski definition) is 4. The van der Waals surface area contributed by atoms with E-state index in [9.17, 15) is 20.1 Å². The molecule has 4 N–H and O–H groups in total. The molecule has 25 heavy (non-hydrogen) atoms. The summed E-state index contributed by atoms with van der Waals surface area (Å²) in [5.74, 6) is 0.0555. The second kappa shape index (κ2) is 8.30. The van der Waals surface area contributed by atoms with E-state index in [2.05, 4.69) is 12.2 Å². The molecule has 0 saturated heterocycles. The van der Waals surface area contributed by atoms with E-state index >= 15 is 0 Å². The normalized spacial score (nSPS) is 28.0. The van der Waals surface area contributed by atoms with Crippen molar-refractivity contribution in [3.8, 4) is 0 Å². The molecule has 1 aliphatic rings. The molecule has 0 aliphatic heterocycles. The highest BCUT2D eigenvalue weighted by Gasteiger charge is 2.48. The van der Waals surface area contributed by atoms with Gasteiger partial charge in [0.1, 0.15) is 5.60 Å². The molecule has 0 spiro atoms. The Kier molecular flexibility index (Phi) is 6.60. The van der Waals surface area contributed by atoms with Crippen molar-refractivity contribution >= 4 is 5.91 Å². The van der Waals surface area contributed by atoms with Gasteiger partial charge in [-0.15, -0.1) is 0 Å². The zero-order chi connectivity index (χ0) is 18.6. The average Bonchev–Trinajstić information content (AvgIpc) is 2.58. The van der Waals surface area contributed by atoms with Gasteiger partial charge in [-0.3, -0.25) is 4.79 Å². The lowest BCUT2D eigenvalue weighted by Crippen LogP contribution is -2.56. The number of rotatable bonds is 6. The third-order valence-electron chi connectivity index (χ3n) is 5.42. The zero-order valence-corrected chi connectivity index (χ0v) is 15.4. The minimum atomic E-state index is -1.38. The van der Waals surface area contributed by atoms with Crippen molar-refractivity contribution in [1.29, 1.82) is 0 Å². The van der Waals surface area contributed by atoms with Crippen molar-refractivity contribution in [3.63, 3.8) is 0 Å². The van der Waals surface area contributed by atoms with Gasteiger partial charge in [-0.2, -0.15) is 0 Å². The van der Waals surface area contributed by atoms with Gasteiger partial charge in [0.15, 0.2) is 0 Å². The maximum Gasteiger partial charge on any atom is 0.252 e. The van der Waals surface area contributed by atoms with Crippen molar-refractivity contribution in [1.82, 2.24) is 5.32 Å². The van der Waals surface area contributed by atoms with Gasteiger partial charge in [0, 0.05) is 6.54 Å². The standard InChI is InChI=1S/C20H31NO4/c1-13(2)17-8-7-14(3)10-20(17,25)19(24)21-11-18(23)16-6-4-5-15(9-16)12-22/h4-6,9,13-14,17-18,22-23,25H,7-8,10-12H2,1-3H3,(H,21,24)/t14-,17+,18+,20+/m1/s1. The fourth-order valence-corrected chi connectivity index (χ4v) is 3.99. The van der Waals surface area contributed by atoms with Crippen molar-refractivity contribution in [2.45, 2.75) is 58.3 Å². The highest BCUT2D eigenvalue weighted by molar-refractivity contribution is 5.85. The van der Waals surface area contributed by atoms with E-state index in [1.54, 1.807) is 24.3 Å². The summed E-state index contributed by atoms with van der Waals surface area (Å²) in [6.07, 6.45) is 1.44. The molecule has 5 nitrogen and oxygen atoms in total. The summed E-state index contributed by atoms with van der Waals surface area (Å²) < 4.78 is 0. The van der Waals surface area contributed by atoms with E-state index in [0.717, 1.165) is 12.8 Å². The first-order chi connectivity index (χ1) is 11.8. The van der Waals surface area contributed by atoms with Crippen LogP contribution < -0.4 is 5.32 Å². The highest BCUT2D eigenvalue weighted by Crippen LogP contribution is 2.41. The molecule has 2 rings (SSSR count). The predicted octanol–water partition coefficient (Wildman–Crippen LogP) is 2.15. The van der Waals surface area contributed by atoms with Gasteiger partial charge in [0.25, 0.3) is 5.91 Å². The van der Waals surface area contributed by atoms with Crippen LogP contribution in [0, 0.1) is 17.8 Å². The Balaban J connectivity index is 2.04. The molecule has 5 heteroatoms. The topological polar surface area (TPSA) is 89.8 Å². The zero-order valence-electron chi connectivity index (χ0n) is 15.4. The molecule has 4 atom stereocenters. The van der Waals surface area contributed by atoms with Crippen LogP contribution in [0.3, 0.4) is 0 Å². The van der Waals surface area contributed by atoms with Crippen LogP contribution in [-0.2, 0) is 11.4 Å². The fraction of sp³-hybridized carbons (Fsp3) is 0.650. The third kappa shape index (κ3) is 4.60. The molecule has 0 radical (unpaired) electrons. The van der Waals surface area contributed by atoms with Crippen molar-refractivity contribution in [3.05, 3.63) is 35.4 Å². The van der Waals surface area contributed by atoms with Crippen LogP contribution in [0.15, 0.2) is 24.3 Å². The number of benzene rings is 1. The van der Waals surface area contributed by atoms with Gasteiger partial charge in [-0.1, -0.05) is 51.5 Å². The van der Waals surface area contributed by atoms with E-state index in [1.807, 2.05) is 13.8 Å². The molecule has 1 aliphatic carbocycles. The van der Waals surface area contributed by atoms with E-state index in [4.69, 9.17) is 0 Å². The largest absolute Gasteiger partial charge is 0.392 e. The maximum atomic E-state index is 12.7. The van der Waals surface area contributed by atoms with Gasteiger partial charge in [0.2, 0.25) is 0 Å². The number of carbonyl (C=O) groups is 1. The first kappa shape index (κ1) is 19.9. The molecule has 0 heterocycles. The summed E-state index contributed by atoms with van der Waals surface area (Å²) in [6, 6.07) is 7.00. The lowest BCUT2D eigenvalue weighted by Gasteiger charge is -2.43. The number of amides is 1. The molecule has 140 valence electrons.